The van der Waals surface area contributed by atoms with Crippen LogP contribution in [0.1, 0.15) is 30.1 Å². The van der Waals surface area contributed by atoms with Crippen molar-refractivity contribution in [1.29, 1.82) is 0 Å². The van der Waals surface area contributed by atoms with Crippen LogP contribution in [0.25, 0.3) is 0 Å². The lowest BCUT2D eigenvalue weighted by Gasteiger charge is -2.42. The van der Waals surface area contributed by atoms with Crippen molar-refractivity contribution in [3.05, 3.63) is 17.7 Å². The molecule has 0 aromatic carbocycles. The van der Waals surface area contributed by atoms with Gasteiger partial charge in [-0.2, -0.15) is 4.98 Å². The summed E-state index contributed by atoms with van der Waals surface area (Å²) in [5.74, 6) is 0.568. The number of hydrogen-bond donors (Lipinski definition) is 1. The summed E-state index contributed by atoms with van der Waals surface area (Å²) >= 11 is 0. The van der Waals surface area contributed by atoms with Crippen molar-refractivity contribution in [2.24, 2.45) is 5.92 Å². The summed E-state index contributed by atoms with van der Waals surface area (Å²) < 4.78 is 16.1. The van der Waals surface area contributed by atoms with Gasteiger partial charge in [-0.25, -0.2) is 4.79 Å². The van der Waals surface area contributed by atoms with Crippen LogP contribution in [0.15, 0.2) is 12.1 Å². The number of rotatable bonds is 5. The van der Waals surface area contributed by atoms with Crippen molar-refractivity contribution in [2.45, 2.75) is 25.8 Å². The fourth-order valence-electron chi connectivity index (χ4n) is 3.95. The van der Waals surface area contributed by atoms with E-state index in [1.807, 2.05) is 11.8 Å². The first-order valence-corrected chi connectivity index (χ1v) is 10.1. The SMILES string of the molecule is CCCNC(=O)N1CCOC[C@H]2CN(C(=O)c3ccc(OC)nc3OC)CC[C@H]21. The third-order valence-electron chi connectivity index (χ3n) is 5.44. The van der Waals surface area contributed by atoms with Gasteiger partial charge in [0.1, 0.15) is 5.56 Å². The van der Waals surface area contributed by atoms with Crippen molar-refractivity contribution in [3.63, 3.8) is 0 Å². The van der Waals surface area contributed by atoms with E-state index in [-0.39, 0.29) is 29.8 Å². The lowest BCUT2D eigenvalue weighted by molar-refractivity contribution is 0.0429. The fourth-order valence-corrected chi connectivity index (χ4v) is 3.95. The van der Waals surface area contributed by atoms with E-state index in [0.717, 1.165) is 6.42 Å². The molecule has 2 fully saturated rings. The van der Waals surface area contributed by atoms with E-state index in [4.69, 9.17) is 14.2 Å². The van der Waals surface area contributed by atoms with E-state index in [1.54, 1.807) is 17.0 Å². The van der Waals surface area contributed by atoms with Crippen LogP contribution in [-0.4, -0.2) is 86.4 Å². The van der Waals surface area contributed by atoms with Crippen LogP contribution in [0.3, 0.4) is 0 Å². The van der Waals surface area contributed by atoms with Crippen LogP contribution in [0.4, 0.5) is 4.79 Å². The maximum atomic E-state index is 13.1. The first-order valence-electron chi connectivity index (χ1n) is 10.1. The molecule has 0 saturated carbocycles. The average Bonchev–Trinajstić information content (AvgIpc) is 2.98. The summed E-state index contributed by atoms with van der Waals surface area (Å²) in [6.45, 7) is 5.38. The van der Waals surface area contributed by atoms with Crippen LogP contribution in [0, 0.1) is 5.92 Å². The minimum Gasteiger partial charge on any atom is -0.481 e. The van der Waals surface area contributed by atoms with Crippen molar-refractivity contribution in [3.8, 4) is 11.8 Å². The van der Waals surface area contributed by atoms with E-state index in [1.165, 1.54) is 14.2 Å². The van der Waals surface area contributed by atoms with Gasteiger partial charge >= 0.3 is 6.03 Å². The summed E-state index contributed by atoms with van der Waals surface area (Å²) in [7, 11) is 3.00. The number of nitrogens with one attached hydrogen (secondary N) is 1. The Morgan fingerprint density at radius 3 is 2.83 bits per heavy atom. The monoisotopic (exact) mass is 406 g/mol. The molecule has 29 heavy (non-hydrogen) atoms. The molecular formula is C20H30N4O5. The molecule has 2 atom stereocenters. The van der Waals surface area contributed by atoms with Gasteiger partial charge in [-0.1, -0.05) is 6.92 Å². The molecular weight excluding hydrogens is 376 g/mol. The van der Waals surface area contributed by atoms with Crippen LogP contribution < -0.4 is 14.8 Å². The normalized spacial score (nSPS) is 21.8. The number of hydrogen-bond acceptors (Lipinski definition) is 6. The summed E-state index contributed by atoms with van der Waals surface area (Å²) in [6.07, 6.45) is 1.61. The number of nitrogens with zero attached hydrogens (tertiary/aromatic N) is 3. The summed E-state index contributed by atoms with van der Waals surface area (Å²) in [5.41, 5.74) is 0.402. The number of likely N-dealkylation sites (tertiary alicyclic amines) is 1. The standard InChI is InChI=1S/C20H30N4O5/c1-4-8-21-20(26)24-10-11-29-13-14-12-23(9-7-16(14)24)19(25)15-5-6-17(27-2)22-18(15)28-3/h5-6,14,16H,4,7-13H2,1-3H3,(H,21,26)/t14-,16-/m1/s1. The van der Waals surface area contributed by atoms with Gasteiger partial charge in [0.25, 0.3) is 5.91 Å². The Morgan fingerprint density at radius 2 is 2.10 bits per heavy atom. The number of carbonyl (C=O) groups is 2. The minimum atomic E-state index is -0.137. The van der Waals surface area contributed by atoms with Crippen LogP contribution in [0.2, 0.25) is 0 Å². The molecule has 3 rings (SSSR count). The van der Waals surface area contributed by atoms with Crippen molar-refractivity contribution in [2.75, 3.05) is 53.6 Å². The molecule has 2 aliphatic rings. The highest BCUT2D eigenvalue weighted by molar-refractivity contribution is 5.96. The van der Waals surface area contributed by atoms with Gasteiger partial charge in [-0.05, 0) is 18.9 Å². The third-order valence-corrected chi connectivity index (χ3v) is 5.44. The highest BCUT2D eigenvalue weighted by Crippen LogP contribution is 2.28. The maximum absolute atomic E-state index is 13.1. The Kier molecular flexibility index (Phi) is 7.13. The van der Waals surface area contributed by atoms with Gasteiger partial charge in [-0.3, -0.25) is 4.79 Å². The van der Waals surface area contributed by atoms with E-state index in [2.05, 4.69) is 10.3 Å². The van der Waals surface area contributed by atoms with Crippen molar-refractivity contribution >= 4 is 11.9 Å². The van der Waals surface area contributed by atoms with E-state index in [9.17, 15) is 9.59 Å². The van der Waals surface area contributed by atoms with Crippen LogP contribution in [0.5, 0.6) is 11.8 Å². The number of urea groups is 1. The van der Waals surface area contributed by atoms with Gasteiger partial charge < -0.3 is 29.3 Å². The quantitative estimate of drug-likeness (QED) is 0.794. The summed E-state index contributed by atoms with van der Waals surface area (Å²) in [6, 6.07) is 3.34. The first kappa shape index (κ1) is 21.2. The second-order valence-electron chi connectivity index (χ2n) is 7.28. The number of aromatic nitrogens is 1. The van der Waals surface area contributed by atoms with E-state index >= 15 is 0 Å². The van der Waals surface area contributed by atoms with Gasteiger partial charge in [0.15, 0.2) is 0 Å². The van der Waals surface area contributed by atoms with Gasteiger partial charge in [0.05, 0.1) is 27.4 Å². The Balaban J connectivity index is 1.73. The van der Waals surface area contributed by atoms with Crippen molar-refractivity contribution < 1.29 is 23.8 Å². The Morgan fingerprint density at radius 1 is 1.28 bits per heavy atom. The molecule has 0 spiro atoms. The van der Waals surface area contributed by atoms with Crippen molar-refractivity contribution in [1.82, 2.24) is 20.1 Å². The average molecular weight is 406 g/mol. The molecule has 1 aromatic heterocycles. The summed E-state index contributed by atoms with van der Waals surface area (Å²) in [4.78, 5) is 33.6. The lowest BCUT2D eigenvalue weighted by Crippen LogP contribution is -2.56. The predicted molar refractivity (Wildman–Crippen MR) is 106 cm³/mol. The molecule has 0 aliphatic carbocycles. The van der Waals surface area contributed by atoms with Crippen LogP contribution in [-0.2, 0) is 4.74 Å². The smallest absolute Gasteiger partial charge is 0.317 e. The summed E-state index contributed by atoms with van der Waals surface area (Å²) in [5, 5.41) is 2.96. The van der Waals surface area contributed by atoms with Gasteiger partial charge in [-0.15, -0.1) is 0 Å². The maximum Gasteiger partial charge on any atom is 0.317 e. The predicted octanol–water partition coefficient (Wildman–Crippen LogP) is 1.38. The largest absolute Gasteiger partial charge is 0.481 e. The van der Waals surface area contributed by atoms with Gasteiger partial charge in [0.2, 0.25) is 11.8 Å². The van der Waals surface area contributed by atoms with E-state index in [0.29, 0.717) is 57.3 Å². The van der Waals surface area contributed by atoms with E-state index < -0.39 is 0 Å². The Hall–Kier alpha value is -2.55. The molecule has 1 N–H and O–H groups in total. The number of amides is 3. The second kappa shape index (κ2) is 9.78. The topological polar surface area (TPSA) is 93.2 Å². The number of piperidine rings is 1. The second-order valence-corrected chi connectivity index (χ2v) is 7.28. The number of ether oxygens (including phenoxy) is 3. The number of carbonyl (C=O) groups excluding carboxylic acids is 2. The first-order chi connectivity index (χ1) is 14.1. The Bertz CT molecular complexity index is 729. The molecule has 0 unspecified atom stereocenters. The zero-order valence-electron chi connectivity index (χ0n) is 17.3. The molecule has 3 heterocycles. The molecule has 0 bridgehead atoms. The number of fused-ring (bicyclic) bond motifs is 1. The Labute approximate surface area is 171 Å². The zero-order valence-corrected chi connectivity index (χ0v) is 17.3. The molecule has 2 saturated heterocycles. The highest BCUT2D eigenvalue weighted by atomic mass is 16.5. The fraction of sp³-hybridized carbons (Fsp3) is 0.650. The minimum absolute atomic E-state index is 0.0480. The molecule has 3 amide bonds. The molecule has 1 aromatic rings. The molecule has 9 nitrogen and oxygen atoms in total. The lowest BCUT2D eigenvalue weighted by atomic mass is 9.91. The highest BCUT2D eigenvalue weighted by Gasteiger charge is 2.39. The third kappa shape index (κ3) is 4.72. The number of methoxy groups -OCH3 is 2. The molecule has 9 heteroatoms. The van der Waals surface area contributed by atoms with Crippen LogP contribution >= 0.6 is 0 Å². The number of pyridine rings is 1. The zero-order chi connectivity index (χ0) is 20.8. The molecule has 160 valence electrons. The molecule has 2 aliphatic heterocycles. The molecule has 0 radical (unpaired) electrons. The van der Waals surface area contributed by atoms with Gasteiger partial charge in [0, 0.05) is 44.2 Å².